The standard InChI is InChI=1S/C19H21O2/c20-17-6-2-1-4-16-5-3-7-19(14-16)21-18-12-9-15(8-11-17)10-13-18/h3,5,9-10,12-14,17,20H,1-2,4,6,8,11H2/t17-/m0/s1. The predicted octanol–water partition coefficient (Wildman–Crippen LogP) is 4.30. The summed E-state index contributed by atoms with van der Waals surface area (Å²) < 4.78 is 5.86. The molecule has 1 N–H and O–H groups in total. The lowest BCUT2D eigenvalue weighted by molar-refractivity contribution is 0.151. The number of rotatable bonds is 0. The molecule has 2 heteroatoms. The van der Waals surface area contributed by atoms with Gasteiger partial charge in [-0.3, -0.25) is 0 Å². The Morgan fingerprint density at radius 3 is 2.67 bits per heavy atom. The second-order valence-corrected chi connectivity index (χ2v) is 5.75. The molecule has 2 aliphatic heterocycles. The number of aliphatic hydroxyl groups excluding tert-OH is 1. The Morgan fingerprint density at radius 2 is 1.81 bits per heavy atom. The molecule has 0 aliphatic carbocycles. The summed E-state index contributed by atoms with van der Waals surface area (Å²) in [6, 6.07) is 17.3. The molecule has 2 aliphatic rings. The van der Waals surface area contributed by atoms with Gasteiger partial charge in [0.15, 0.2) is 0 Å². The third-order valence-corrected chi connectivity index (χ3v) is 4.01. The summed E-state index contributed by atoms with van der Waals surface area (Å²) in [5, 5.41) is 10.0. The van der Waals surface area contributed by atoms with Crippen molar-refractivity contribution in [2.24, 2.45) is 0 Å². The van der Waals surface area contributed by atoms with Crippen LogP contribution < -0.4 is 4.74 Å². The molecule has 4 bridgehead atoms. The Labute approximate surface area is 126 Å². The lowest BCUT2D eigenvalue weighted by Crippen LogP contribution is -2.08. The molecule has 2 nitrogen and oxygen atoms in total. The fourth-order valence-corrected chi connectivity index (χ4v) is 2.74. The lowest BCUT2D eigenvalue weighted by atomic mass is 10.0. The Bertz CT molecular complexity index is 574. The van der Waals surface area contributed by atoms with Crippen molar-refractivity contribution in [1.82, 2.24) is 0 Å². The van der Waals surface area contributed by atoms with Gasteiger partial charge in [-0.05, 0) is 61.4 Å². The highest BCUT2D eigenvalue weighted by atomic mass is 16.5. The molecule has 0 aromatic heterocycles. The molecule has 2 heterocycles. The Kier molecular flexibility index (Phi) is 4.56. The first-order valence-electron chi connectivity index (χ1n) is 7.75. The van der Waals surface area contributed by atoms with Gasteiger partial charge in [0, 0.05) is 6.07 Å². The van der Waals surface area contributed by atoms with Crippen LogP contribution in [-0.4, -0.2) is 11.2 Å². The van der Waals surface area contributed by atoms with E-state index in [1.54, 1.807) is 0 Å². The fraction of sp³-hybridized carbons (Fsp3) is 0.368. The van der Waals surface area contributed by atoms with E-state index in [0.29, 0.717) is 0 Å². The van der Waals surface area contributed by atoms with E-state index in [1.165, 1.54) is 11.1 Å². The first-order valence-corrected chi connectivity index (χ1v) is 7.75. The highest BCUT2D eigenvalue weighted by molar-refractivity contribution is 5.34. The van der Waals surface area contributed by atoms with Crippen LogP contribution >= 0.6 is 0 Å². The van der Waals surface area contributed by atoms with E-state index in [2.05, 4.69) is 30.3 Å². The molecule has 1 radical (unpaired) electrons. The van der Waals surface area contributed by atoms with E-state index in [-0.39, 0.29) is 6.10 Å². The molecule has 1 atom stereocenters. The Morgan fingerprint density at radius 1 is 0.952 bits per heavy atom. The van der Waals surface area contributed by atoms with Crippen molar-refractivity contribution in [1.29, 1.82) is 0 Å². The summed E-state index contributed by atoms with van der Waals surface area (Å²) >= 11 is 0. The minimum Gasteiger partial charge on any atom is -0.457 e. The van der Waals surface area contributed by atoms with E-state index in [9.17, 15) is 5.11 Å². The molecule has 0 spiro atoms. The number of ether oxygens (including phenoxy) is 1. The summed E-state index contributed by atoms with van der Waals surface area (Å²) in [7, 11) is 0. The van der Waals surface area contributed by atoms with Crippen molar-refractivity contribution in [3.63, 3.8) is 0 Å². The van der Waals surface area contributed by atoms with E-state index in [1.807, 2.05) is 18.2 Å². The molecule has 21 heavy (non-hydrogen) atoms. The van der Waals surface area contributed by atoms with E-state index >= 15 is 0 Å². The average Bonchev–Trinajstić information content (AvgIpc) is 2.51. The molecule has 0 saturated carbocycles. The van der Waals surface area contributed by atoms with Crippen LogP contribution in [0.3, 0.4) is 0 Å². The van der Waals surface area contributed by atoms with Gasteiger partial charge in [0.05, 0.1) is 6.10 Å². The second kappa shape index (κ2) is 6.77. The number of benzene rings is 2. The molecule has 4 rings (SSSR count). The summed E-state index contributed by atoms with van der Waals surface area (Å²) in [6.07, 6.45) is 5.64. The second-order valence-electron chi connectivity index (χ2n) is 5.75. The molecule has 0 unspecified atom stereocenters. The van der Waals surface area contributed by atoms with Gasteiger partial charge >= 0.3 is 0 Å². The number of aryl methyl sites for hydroxylation is 2. The maximum Gasteiger partial charge on any atom is 0.135 e. The summed E-state index contributed by atoms with van der Waals surface area (Å²) in [6.45, 7) is 0. The first-order chi connectivity index (χ1) is 10.3. The quantitative estimate of drug-likeness (QED) is 0.780. The average molecular weight is 281 g/mol. The SMILES string of the molecule is O[C@H]1CCCCc2cc[c]c(c2)Oc2ccc(cc2)CC1. The van der Waals surface area contributed by atoms with Crippen LogP contribution in [0, 0.1) is 6.07 Å². The third-order valence-electron chi connectivity index (χ3n) is 4.01. The van der Waals surface area contributed by atoms with Crippen molar-refractivity contribution in [2.45, 2.75) is 44.6 Å². The number of hydrogen-bond acceptors (Lipinski definition) is 2. The number of aliphatic hydroxyl groups is 1. The van der Waals surface area contributed by atoms with Gasteiger partial charge in [0.25, 0.3) is 0 Å². The lowest BCUT2D eigenvalue weighted by Gasteiger charge is -2.10. The zero-order valence-corrected chi connectivity index (χ0v) is 12.2. The Balaban J connectivity index is 1.83. The van der Waals surface area contributed by atoms with Crippen molar-refractivity contribution >= 4 is 0 Å². The maximum absolute atomic E-state index is 10.0. The van der Waals surface area contributed by atoms with Crippen molar-refractivity contribution in [2.75, 3.05) is 0 Å². The van der Waals surface area contributed by atoms with E-state index in [4.69, 9.17) is 4.74 Å². The minimum atomic E-state index is -0.189. The monoisotopic (exact) mass is 281 g/mol. The van der Waals surface area contributed by atoms with Crippen LogP contribution in [0.1, 0.15) is 36.8 Å². The van der Waals surface area contributed by atoms with Gasteiger partial charge in [0.2, 0.25) is 0 Å². The molecule has 0 fully saturated rings. The highest BCUT2D eigenvalue weighted by Gasteiger charge is 2.07. The zero-order valence-electron chi connectivity index (χ0n) is 12.2. The van der Waals surface area contributed by atoms with Crippen molar-refractivity contribution < 1.29 is 9.84 Å². The Hall–Kier alpha value is -1.80. The molecule has 2 aromatic carbocycles. The van der Waals surface area contributed by atoms with Crippen LogP contribution in [0.5, 0.6) is 11.5 Å². The van der Waals surface area contributed by atoms with Crippen LogP contribution in [0.25, 0.3) is 0 Å². The first kappa shape index (κ1) is 14.2. The fourth-order valence-electron chi connectivity index (χ4n) is 2.74. The predicted molar refractivity (Wildman–Crippen MR) is 83.7 cm³/mol. The van der Waals surface area contributed by atoms with E-state index < -0.39 is 0 Å². The zero-order chi connectivity index (χ0) is 14.5. The topological polar surface area (TPSA) is 29.5 Å². The van der Waals surface area contributed by atoms with Crippen LogP contribution in [0.15, 0.2) is 42.5 Å². The van der Waals surface area contributed by atoms with Crippen LogP contribution in [0.2, 0.25) is 0 Å². The molecule has 2 aromatic rings. The van der Waals surface area contributed by atoms with Crippen LogP contribution in [-0.2, 0) is 12.8 Å². The largest absolute Gasteiger partial charge is 0.457 e. The summed E-state index contributed by atoms with van der Waals surface area (Å²) in [5.41, 5.74) is 2.51. The van der Waals surface area contributed by atoms with Gasteiger partial charge in [-0.2, -0.15) is 0 Å². The van der Waals surface area contributed by atoms with Crippen molar-refractivity contribution in [3.8, 4) is 11.5 Å². The normalized spacial score (nSPS) is 19.4. The van der Waals surface area contributed by atoms with Gasteiger partial charge in [-0.25, -0.2) is 0 Å². The van der Waals surface area contributed by atoms with Gasteiger partial charge in [-0.15, -0.1) is 0 Å². The van der Waals surface area contributed by atoms with Gasteiger partial charge < -0.3 is 9.84 Å². The maximum atomic E-state index is 10.0. The molecule has 0 saturated heterocycles. The smallest absolute Gasteiger partial charge is 0.135 e. The van der Waals surface area contributed by atoms with E-state index in [0.717, 1.165) is 50.0 Å². The van der Waals surface area contributed by atoms with Crippen molar-refractivity contribution in [3.05, 3.63) is 59.7 Å². The minimum absolute atomic E-state index is 0.189. The van der Waals surface area contributed by atoms with Gasteiger partial charge in [-0.1, -0.05) is 30.7 Å². The highest BCUT2D eigenvalue weighted by Crippen LogP contribution is 2.24. The summed E-state index contributed by atoms with van der Waals surface area (Å²) in [4.78, 5) is 0. The number of fused-ring (bicyclic) bond motifs is 8. The summed E-state index contributed by atoms with van der Waals surface area (Å²) in [5.74, 6) is 1.61. The van der Waals surface area contributed by atoms with Gasteiger partial charge in [0.1, 0.15) is 11.5 Å². The molecular formula is C19H21O2. The molecule has 0 amide bonds. The third kappa shape index (κ3) is 4.08. The van der Waals surface area contributed by atoms with Crippen LogP contribution in [0.4, 0.5) is 0 Å². The molecule has 109 valence electrons. The molecular weight excluding hydrogens is 260 g/mol. The number of hydrogen-bond donors (Lipinski definition) is 1.